The van der Waals surface area contributed by atoms with Gasteiger partial charge >= 0.3 is 5.97 Å². The van der Waals surface area contributed by atoms with Gasteiger partial charge in [0.15, 0.2) is 10.8 Å². The summed E-state index contributed by atoms with van der Waals surface area (Å²) in [5.74, 6) is -0.347. The second kappa shape index (κ2) is 7.22. The Bertz CT molecular complexity index is 326. The minimum atomic E-state index is -0.347. The lowest BCUT2D eigenvalue weighted by molar-refractivity contribution is 0.0520. The Morgan fingerprint density at radius 2 is 2.31 bits per heavy atom. The van der Waals surface area contributed by atoms with Gasteiger partial charge in [-0.1, -0.05) is 19.8 Å². The van der Waals surface area contributed by atoms with E-state index in [9.17, 15) is 4.79 Å². The maximum Gasteiger partial charge on any atom is 0.357 e. The Hall–Kier alpha value is -1.10. The Labute approximate surface area is 100 Å². The summed E-state index contributed by atoms with van der Waals surface area (Å²) in [6, 6.07) is 0. The van der Waals surface area contributed by atoms with Crippen LogP contribution in [0.25, 0.3) is 0 Å². The van der Waals surface area contributed by atoms with E-state index in [0.717, 1.165) is 18.1 Å². The molecule has 0 aromatic carbocycles. The predicted molar refractivity (Wildman–Crippen MR) is 66.1 cm³/mol. The molecule has 1 aromatic rings. The minimum Gasteiger partial charge on any atom is -0.461 e. The predicted octanol–water partition coefficient (Wildman–Crippen LogP) is 2.92. The van der Waals surface area contributed by atoms with Crippen molar-refractivity contribution in [3.05, 3.63) is 11.1 Å². The van der Waals surface area contributed by atoms with Crippen molar-refractivity contribution in [1.29, 1.82) is 0 Å². The molecular formula is C11H18N2O2S. The summed E-state index contributed by atoms with van der Waals surface area (Å²) in [7, 11) is 0. The molecule has 0 aliphatic carbocycles. The fourth-order valence-electron chi connectivity index (χ4n) is 1.22. The zero-order valence-corrected chi connectivity index (χ0v) is 10.6. The quantitative estimate of drug-likeness (QED) is 0.590. The van der Waals surface area contributed by atoms with E-state index in [1.54, 1.807) is 12.3 Å². The van der Waals surface area contributed by atoms with Crippen LogP contribution in [0.3, 0.4) is 0 Å². The van der Waals surface area contributed by atoms with Crippen molar-refractivity contribution < 1.29 is 9.53 Å². The van der Waals surface area contributed by atoms with Gasteiger partial charge in [0.2, 0.25) is 0 Å². The Balaban J connectivity index is 2.36. The van der Waals surface area contributed by atoms with E-state index in [1.165, 1.54) is 24.2 Å². The summed E-state index contributed by atoms with van der Waals surface area (Å²) in [5.41, 5.74) is 0.393. The molecule has 0 unspecified atom stereocenters. The number of aromatic nitrogens is 1. The van der Waals surface area contributed by atoms with Crippen LogP contribution >= 0.6 is 11.3 Å². The third-order valence-corrected chi connectivity index (χ3v) is 2.85. The molecule has 0 fully saturated rings. The average molecular weight is 242 g/mol. The summed E-state index contributed by atoms with van der Waals surface area (Å²) in [4.78, 5) is 15.5. The highest BCUT2D eigenvalue weighted by molar-refractivity contribution is 7.13. The van der Waals surface area contributed by atoms with Crippen LogP contribution in [0.4, 0.5) is 5.13 Å². The summed E-state index contributed by atoms with van der Waals surface area (Å²) < 4.78 is 4.86. The number of carbonyl (C=O) groups excluding carboxylic acids is 1. The molecule has 0 amide bonds. The fourth-order valence-corrected chi connectivity index (χ4v) is 1.93. The molecule has 90 valence electrons. The van der Waals surface area contributed by atoms with E-state index in [4.69, 9.17) is 4.74 Å². The monoisotopic (exact) mass is 242 g/mol. The third kappa shape index (κ3) is 4.18. The van der Waals surface area contributed by atoms with E-state index in [0.29, 0.717) is 12.3 Å². The molecule has 0 aliphatic heterocycles. The van der Waals surface area contributed by atoms with E-state index in [-0.39, 0.29) is 5.97 Å². The number of esters is 1. The second-order valence-corrected chi connectivity index (χ2v) is 4.25. The van der Waals surface area contributed by atoms with Gasteiger partial charge in [-0.2, -0.15) is 0 Å². The molecule has 1 N–H and O–H groups in total. The molecule has 0 radical (unpaired) electrons. The summed E-state index contributed by atoms with van der Waals surface area (Å²) in [6.45, 7) is 5.25. The number of rotatable bonds is 7. The Morgan fingerprint density at radius 3 is 3.00 bits per heavy atom. The van der Waals surface area contributed by atoms with Crippen molar-refractivity contribution in [2.75, 3.05) is 18.5 Å². The number of hydrogen-bond acceptors (Lipinski definition) is 5. The van der Waals surface area contributed by atoms with E-state index in [1.807, 2.05) is 0 Å². The van der Waals surface area contributed by atoms with Gasteiger partial charge in [-0.15, -0.1) is 11.3 Å². The van der Waals surface area contributed by atoms with Gasteiger partial charge in [-0.25, -0.2) is 9.78 Å². The second-order valence-electron chi connectivity index (χ2n) is 3.39. The van der Waals surface area contributed by atoms with Gasteiger partial charge in [0, 0.05) is 11.9 Å². The number of ether oxygens (including phenoxy) is 1. The number of unbranched alkanes of at least 4 members (excludes halogenated alkanes) is 2. The zero-order valence-electron chi connectivity index (χ0n) is 9.78. The Morgan fingerprint density at radius 1 is 1.50 bits per heavy atom. The van der Waals surface area contributed by atoms with Gasteiger partial charge in [0.05, 0.1) is 6.61 Å². The van der Waals surface area contributed by atoms with Gasteiger partial charge in [-0.05, 0) is 13.3 Å². The van der Waals surface area contributed by atoms with Gasteiger partial charge < -0.3 is 10.1 Å². The SMILES string of the molecule is CCCCCNc1nc(C(=O)OCC)cs1. The topological polar surface area (TPSA) is 51.2 Å². The molecular weight excluding hydrogens is 224 g/mol. The summed E-state index contributed by atoms with van der Waals surface area (Å²) >= 11 is 1.44. The molecule has 1 heterocycles. The average Bonchev–Trinajstić information content (AvgIpc) is 2.73. The molecule has 0 saturated carbocycles. The number of nitrogens with one attached hydrogen (secondary N) is 1. The number of thiazole rings is 1. The lowest BCUT2D eigenvalue weighted by atomic mass is 10.2. The molecule has 4 nitrogen and oxygen atoms in total. The highest BCUT2D eigenvalue weighted by Gasteiger charge is 2.10. The van der Waals surface area contributed by atoms with Crippen LogP contribution in [0.2, 0.25) is 0 Å². The highest BCUT2D eigenvalue weighted by Crippen LogP contribution is 2.16. The first-order chi connectivity index (χ1) is 7.77. The van der Waals surface area contributed by atoms with Crippen LogP contribution in [0, 0.1) is 0 Å². The van der Waals surface area contributed by atoms with Crippen molar-refractivity contribution in [1.82, 2.24) is 4.98 Å². The van der Waals surface area contributed by atoms with Crippen molar-refractivity contribution in [3.8, 4) is 0 Å². The van der Waals surface area contributed by atoms with Crippen molar-refractivity contribution in [2.45, 2.75) is 33.1 Å². The van der Waals surface area contributed by atoms with Crippen molar-refractivity contribution in [2.24, 2.45) is 0 Å². The smallest absolute Gasteiger partial charge is 0.357 e. The Kier molecular flexibility index (Phi) is 5.85. The number of nitrogens with zero attached hydrogens (tertiary/aromatic N) is 1. The van der Waals surface area contributed by atoms with Crippen molar-refractivity contribution >= 4 is 22.4 Å². The fraction of sp³-hybridized carbons (Fsp3) is 0.636. The molecule has 1 rings (SSSR count). The van der Waals surface area contributed by atoms with Crippen LogP contribution in [-0.2, 0) is 4.74 Å². The first-order valence-corrected chi connectivity index (χ1v) is 6.52. The van der Waals surface area contributed by atoms with Crippen LogP contribution in [0.1, 0.15) is 43.6 Å². The molecule has 0 aliphatic rings. The highest BCUT2D eigenvalue weighted by atomic mass is 32.1. The first kappa shape index (κ1) is 13.0. The number of anilines is 1. The van der Waals surface area contributed by atoms with Gasteiger partial charge in [-0.3, -0.25) is 0 Å². The molecule has 16 heavy (non-hydrogen) atoms. The standard InChI is InChI=1S/C11H18N2O2S/c1-3-5-6-7-12-11-13-9(8-16-11)10(14)15-4-2/h8H,3-7H2,1-2H3,(H,12,13). The van der Waals surface area contributed by atoms with Crippen molar-refractivity contribution in [3.63, 3.8) is 0 Å². The largest absolute Gasteiger partial charge is 0.461 e. The van der Waals surface area contributed by atoms with Crippen LogP contribution in [0.15, 0.2) is 5.38 Å². The molecule has 0 bridgehead atoms. The summed E-state index contributed by atoms with van der Waals surface area (Å²) in [6.07, 6.45) is 3.54. The lowest BCUT2D eigenvalue weighted by Gasteiger charge is -2.00. The lowest BCUT2D eigenvalue weighted by Crippen LogP contribution is -2.06. The maximum atomic E-state index is 11.3. The van der Waals surface area contributed by atoms with E-state index >= 15 is 0 Å². The molecule has 0 saturated heterocycles. The zero-order chi connectivity index (χ0) is 11.8. The third-order valence-electron chi connectivity index (χ3n) is 2.05. The van der Waals surface area contributed by atoms with Gasteiger partial charge in [0.1, 0.15) is 0 Å². The number of hydrogen-bond donors (Lipinski definition) is 1. The van der Waals surface area contributed by atoms with Crippen LogP contribution in [-0.4, -0.2) is 24.1 Å². The van der Waals surface area contributed by atoms with Gasteiger partial charge in [0.25, 0.3) is 0 Å². The molecule has 0 atom stereocenters. The number of carbonyl (C=O) groups is 1. The first-order valence-electron chi connectivity index (χ1n) is 5.64. The van der Waals surface area contributed by atoms with Crippen LogP contribution in [0.5, 0.6) is 0 Å². The minimum absolute atomic E-state index is 0.347. The van der Waals surface area contributed by atoms with Crippen LogP contribution < -0.4 is 5.32 Å². The molecule has 5 heteroatoms. The molecule has 0 spiro atoms. The maximum absolute atomic E-state index is 11.3. The molecule has 1 aromatic heterocycles. The van der Waals surface area contributed by atoms with E-state index < -0.39 is 0 Å². The summed E-state index contributed by atoms with van der Waals surface area (Å²) in [5, 5.41) is 5.71. The van der Waals surface area contributed by atoms with E-state index in [2.05, 4.69) is 17.2 Å². The normalized spacial score (nSPS) is 10.1.